The van der Waals surface area contributed by atoms with Gasteiger partial charge in [-0.1, -0.05) is 50.1 Å². The Morgan fingerprint density at radius 1 is 0.825 bits per heavy atom. The first kappa shape index (κ1) is 29.7. The molecular formula is C36H24IrNO2-. The van der Waals surface area contributed by atoms with Gasteiger partial charge in [0.2, 0.25) is 0 Å². The van der Waals surface area contributed by atoms with E-state index < -0.39 is 0 Å². The molecule has 3 aromatic carbocycles. The summed E-state index contributed by atoms with van der Waals surface area (Å²) in [6.45, 7) is 2.76. The predicted molar refractivity (Wildman–Crippen MR) is 157 cm³/mol. The molecule has 4 heteroatoms. The number of unbranched alkanes of at least 4 members (excludes halogenated alkanes) is 2. The van der Waals surface area contributed by atoms with Crippen LogP contribution in [0.25, 0.3) is 33.2 Å². The van der Waals surface area contributed by atoms with Gasteiger partial charge in [-0.25, -0.2) is 0 Å². The Labute approximate surface area is 250 Å². The van der Waals surface area contributed by atoms with Crippen LogP contribution in [0.2, 0.25) is 0 Å². The molecule has 0 fully saturated rings. The van der Waals surface area contributed by atoms with Gasteiger partial charge in [-0.2, -0.15) is 0 Å². The quantitative estimate of drug-likeness (QED) is 0.114. The number of aromatic nitrogens is 1. The second-order valence-electron chi connectivity index (χ2n) is 8.31. The molecule has 1 aromatic heterocycles. The van der Waals surface area contributed by atoms with E-state index in [4.69, 9.17) is 15.9 Å². The topological polar surface area (TPSA) is 31.4 Å². The Bertz CT molecular complexity index is 1770. The van der Waals surface area contributed by atoms with Gasteiger partial charge in [0.05, 0.1) is 6.61 Å². The van der Waals surface area contributed by atoms with Gasteiger partial charge >= 0.3 is 0 Å². The summed E-state index contributed by atoms with van der Waals surface area (Å²) in [5, 5.41) is 2.21. The first-order valence-corrected chi connectivity index (χ1v) is 12.6. The summed E-state index contributed by atoms with van der Waals surface area (Å²) in [6.07, 6.45) is 12.7. The summed E-state index contributed by atoms with van der Waals surface area (Å²) < 4.78 is 11.8. The van der Waals surface area contributed by atoms with Crippen molar-refractivity contribution >= 4 is 10.8 Å². The van der Waals surface area contributed by atoms with Crippen LogP contribution in [-0.2, 0) is 20.1 Å². The van der Waals surface area contributed by atoms with Gasteiger partial charge in [0, 0.05) is 50.0 Å². The number of benzene rings is 3. The first-order valence-electron chi connectivity index (χ1n) is 12.6. The third kappa shape index (κ3) is 8.31. The summed E-state index contributed by atoms with van der Waals surface area (Å²) in [4.78, 5) is 4.65. The Morgan fingerprint density at radius 2 is 1.60 bits per heavy atom. The van der Waals surface area contributed by atoms with Crippen LogP contribution in [0.15, 0.2) is 72.9 Å². The number of ether oxygens (including phenoxy) is 2. The second kappa shape index (κ2) is 16.2. The third-order valence-electron chi connectivity index (χ3n) is 5.67. The van der Waals surface area contributed by atoms with Crippen molar-refractivity contribution in [3.63, 3.8) is 0 Å². The Kier molecular flexibility index (Phi) is 12.0. The summed E-state index contributed by atoms with van der Waals surface area (Å²) in [7, 11) is 0. The van der Waals surface area contributed by atoms with Crippen LogP contribution in [0.3, 0.4) is 0 Å². The van der Waals surface area contributed by atoms with Gasteiger partial charge in [-0.05, 0) is 70.3 Å². The fraction of sp³-hybridized carbons (Fsp3) is 0.139. The van der Waals surface area contributed by atoms with Gasteiger partial charge in [-0.3, -0.25) is 0 Å². The van der Waals surface area contributed by atoms with Crippen molar-refractivity contribution in [1.82, 2.24) is 4.98 Å². The van der Waals surface area contributed by atoms with Gasteiger partial charge in [0.25, 0.3) is 0 Å². The molecule has 0 saturated carbocycles. The fourth-order valence-electron chi connectivity index (χ4n) is 3.84. The molecule has 0 atom stereocenters. The normalized spacial score (nSPS) is 9.00. The molecule has 0 aliphatic heterocycles. The molecule has 40 heavy (non-hydrogen) atoms. The van der Waals surface area contributed by atoms with Crippen molar-refractivity contribution < 1.29 is 29.6 Å². The van der Waals surface area contributed by atoms with Crippen molar-refractivity contribution in [3.05, 3.63) is 79.0 Å². The van der Waals surface area contributed by atoms with E-state index in [1.165, 1.54) is 0 Å². The van der Waals surface area contributed by atoms with E-state index in [0.717, 1.165) is 52.4 Å². The molecule has 0 N–H and O–H groups in total. The number of fused-ring (bicyclic) bond motifs is 1. The van der Waals surface area contributed by atoms with E-state index in [1.54, 1.807) is 0 Å². The van der Waals surface area contributed by atoms with Gasteiger partial charge in [0.15, 0.2) is 11.5 Å². The molecular weight excluding hydrogens is 671 g/mol. The van der Waals surface area contributed by atoms with E-state index in [2.05, 4.69) is 89.6 Å². The molecule has 195 valence electrons. The predicted octanol–water partition coefficient (Wildman–Crippen LogP) is 6.92. The van der Waals surface area contributed by atoms with Crippen LogP contribution in [-0.4, -0.2) is 11.6 Å². The van der Waals surface area contributed by atoms with Crippen LogP contribution >= 0.6 is 0 Å². The molecule has 0 bridgehead atoms. The molecule has 3 nitrogen and oxygen atoms in total. The van der Waals surface area contributed by atoms with E-state index in [9.17, 15) is 0 Å². The summed E-state index contributed by atoms with van der Waals surface area (Å²) in [5.74, 6) is 21.1. The van der Waals surface area contributed by atoms with Crippen LogP contribution in [0.4, 0.5) is 0 Å². The molecule has 0 spiro atoms. The van der Waals surface area contributed by atoms with Crippen LogP contribution in [0.5, 0.6) is 11.5 Å². The Morgan fingerprint density at radius 3 is 2.42 bits per heavy atom. The minimum atomic E-state index is 0. The number of rotatable bonds is 8. The maximum atomic E-state index is 6.01. The van der Waals surface area contributed by atoms with Gasteiger partial charge in [-0.15, -0.1) is 41.8 Å². The number of terminal acetylenes is 1. The van der Waals surface area contributed by atoms with E-state index >= 15 is 0 Å². The average Bonchev–Trinajstić information content (AvgIpc) is 2.98. The number of hydrogen-bond acceptors (Lipinski definition) is 3. The molecule has 0 unspecified atom stereocenters. The zero-order chi connectivity index (χ0) is 27.1. The summed E-state index contributed by atoms with van der Waals surface area (Å²) in [6, 6.07) is 25.4. The maximum absolute atomic E-state index is 6.01. The second-order valence-corrected chi connectivity index (χ2v) is 8.31. The Balaban J connectivity index is 0.00000441. The minimum absolute atomic E-state index is 0. The van der Waals surface area contributed by atoms with E-state index in [0.29, 0.717) is 18.1 Å². The van der Waals surface area contributed by atoms with Crippen molar-refractivity contribution in [1.29, 1.82) is 0 Å². The van der Waals surface area contributed by atoms with Crippen LogP contribution in [0.1, 0.15) is 26.2 Å². The third-order valence-corrected chi connectivity index (χ3v) is 5.67. The number of nitrogens with zero attached hydrogens (tertiary/aromatic N) is 1. The SMILES string of the molecule is C#CC#CC#CC#CC#COc1cc(-c2cc[c-]c(-c3nccc4ccccc34)c2)ccc1OCCCCC.[Ir]. The van der Waals surface area contributed by atoms with Crippen LogP contribution < -0.4 is 9.47 Å². The smallest absolute Gasteiger partial charge is 0.182 e. The first-order chi connectivity index (χ1) is 19.3. The zero-order valence-corrected chi connectivity index (χ0v) is 24.3. The number of pyridine rings is 1. The van der Waals surface area contributed by atoms with E-state index in [1.807, 2.05) is 54.7 Å². The summed E-state index contributed by atoms with van der Waals surface area (Å²) >= 11 is 0. The summed E-state index contributed by atoms with van der Waals surface area (Å²) in [5.41, 5.74) is 3.75. The van der Waals surface area contributed by atoms with Crippen molar-refractivity contribution in [2.24, 2.45) is 0 Å². The Hall–Kier alpha value is -4.88. The maximum Gasteiger partial charge on any atom is 0.182 e. The van der Waals surface area contributed by atoms with Gasteiger partial charge in [0.1, 0.15) is 6.11 Å². The average molecular weight is 695 g/mol. The molecule has 0 aliphatic rings. The standard InChI is InChI=1S/C36H24NO2.Ir/c1-3-5-7-8-9-10-11-15-26-39-35-28-31(21-22-34(35)38-25-14-6-4-2)30-18-16-19-32(27-30)36-33-20-13-12-17-29(33)23-24-37-36;/h1,12-13,16-18,20-24,27-28H,4,6,14,25H2,2H3;/q-1;. The molecule has 1 heterocycles. The molecule has 0 amide bonds. The number of hydrogen-bond donors (Lipinski definition) is 0. The van der Waals surface area contributed by atoms with Gasteiger partial charge < -0.3 is 14.5 Å². The molecule has 1 radical (unpaired) electrons. The zero-order valence-electron chi connectivity index (χ0n) is 21.9. The largest absolute Gasteiger partial charge is 0.490 e. The van der Waals surface area contributed by atoms with Crippen molar-refractivity contribution in [2.45, 2.75) is 26.2 Å². The molecule has 4 aromatic rings. The van der Waals surface area contributed by atoms with Crippen molar-refractivity contribution in [2.75, 3.05) is 6.61 Å². The fourth-order valence-corrected chi connectivity index (χ4v) is 3.84. The monoisotopic (exact) mass is 695 g/mol. The van der Waals surface area contributed by atoms with E-state index in [-0.39, 0.29) is 20.1 Å². The molecule has 0 aliphatic carbocycles. The molecule has 0 saturated heterocycles. The minimum Gasteiger partial charge on any atom is -0.490 e. The van der Waals surface area contributed by atoms with Crippen LogP contribution in [0, 0.1) is 66.0 Å². The molecule has 4 rings (SSSR count). The van der Waals surface area contributed by atoms with Crippen molar-refractivity contribution in [3.8, 4) is 93.8 Å².